The molecule has 0 bridgehead atoms. The first-order valence-corrected chi connectivity index (χ1v) is 5.94. The standard InChI is InChI=1S/C13H25NO2/c1-6-16-12(15)8-7-9-14-10-13(4,5)11(2)3/h7-8,11,14H,6,9-10H2,1-5H3/b8-7+. The van der Waals surface area contributed by atoms with Crippen LogP contribution >= 0.6 is 0 Å². The molecule has 0 aliphatic carbocycles. The van der Waals surface area contributed by atoms with E-state index in [1.807, 2.05) is 0 Å². The van der Waals surface area contributed by atoms with Crippen molar-refractivity contribution in [2.24, 2.45) is 11.3 Å². The first kappa shape index (κ1) is 15.2. The van der Waals surface area contributed by atoms with E-state index >= 15 is 0 Å². The zero-order chi connectivity index (χ0) is 12.6. The SMILES string of the molecule is CCOC(=O)/C=C/CNCC(C)(C)C(C)C. The Bertz CT molecular complexity index is 232. The number of nitrogens with one attached hydrogen (secondary N) is 1. The van der Waals surface area contributed by atoms with Gasteiger partial charge in [-0.3, -0.25) is 0 Å². The molecule has 0 aromatic rings. The van der Waals surface area contributed by atoms with Crippen molar-refractivity contribution in [3.05, 3.63) is 12.2 Å². The molecule has 0 fully saturated rings. The maximum Gasteiger partial charge on any atom is 0.330 e. The molecular weight excluding hydrogens is 202 g/mol. The zero-order valence-electron chi connectivity index (χ0n) is 11.2. The molecule has 0 rings (SSSR count). The van der Waals surface area contributed by atoms with E-state index in [4.69, 9.17) is 4.74 Å². The highest BCUT2D eigenvalue weighted by molar-refractivity contribution is 5.81. The van der Waals surface area contributed by atoms with Crippen molar-refractivity contribution in [3.8, 4) is 0 Å². The van der Waals surface area contributed by atoms with Crippen molar-refractivity contribution in [1.82, 2.24) is 5.32 Å². The van der Waals surface area contributed by atoms with Crippen LogP contribution in [0, 0.1) is 11.3 Å². The van der Waals surface area contributed by atoms with E-state index in [1.54, 1.807) is 13.0 Å². The highest BCUT2D eigenvalue weighted by Gasteiger charge is 2.20. The normalized spacial score (nSPS) is 12.4. The van der Waals surface area contributed by atoms with E-state index < -0.39 is 0 Å². The molecule has 94 valence electrons. The van der Waals surface area contributed by atoms with Crippen LogP contribution in [0.25, 0.3) is 0 Å². The van der Waals surface area contributed by atoms with Gasteiger partial charge in [-0.1, -0.05) is 33.8 Å². The second kappa shape index (κ2) is 7.44. The van der Waals surface area contributed by atoms with Gasteiger partial charge in [0, 0.05) is 19.2 Å². The lowest BCUT2D eigenvalue weighted by Crippen LogP contribution is -2.33. The molecule has 0 aromatic carbocycles. The van der Waals surface area contributed by atoms with Crippen molar-refractivity contribution in [3.63, 3.8) is 0 Å². The van der Waals surface area contributed by atoms with Gasteiger partial charge in [-0.15, -0.1) is 0 Å². The molecule has 0 spiro atoms. The largest absolute Gasteiger partial charge is 0.463 e. The summed E-state index contributed by atoms with van der Waals surface area (Å²) in [6.45, 7) is 12.8. The topological polar surface area (TPSA) is 38.3 Å². The Morgan fingerprint density at radius 2 is 2.06 bits per heavy atom. The predicted octanol–water partition coefficient (Wildman–Crippen LogP) is 2.38. The number of carbonyl (C=O) groups excluding carboxylic acids is 1. The van der Waals surface area contributed by atoms with Crippen LogP contribution in [-0.4, -0.2) is 25.7 Å². The van der Waals surface area contributed by atoms with Gasteiger partial charge in [0.2, 0.25) is 0 Å². The molecule has 0 amide bonds. The molecule has 0 saturated heterocycles. The van der Waals surface area contributed by atoms with Gasteiger partial charge in [-0.05, 0) is 18.3 Å². The molecule has 0 heterocycles. The lowest BCUT2D eigenvalue weighted by atomic mass is 9.81. The highest BCUT2D eigenvalue weighted by Crippen LogP contribution is 2.24. The van der Waals surface area contributed by atoms with Crippen LogP contribution < -0.4 is 5.32 Å². The zero-order valence-corrected chi connectivity index (χ0v) is 11.2. The summed E-state index contributed by atoms with van der Waals surface area (Å²) in [7, 11) is 0. The fraction of sp³-hybridized carbons (Fsp3) is 0.769. The average Bonchev–Trinajstić information content (AvgIpc) is 2.17. The molecule has 0 radical (unpaired) electrons. The third-order valence-corrected chi connectivity index (χ3v) is 2.95. The van der Waals surface area contributed by atoms with Gasteiger partial charge in [-0.25, -0.2) is 4.79 Å². The fourth-order valence-electron chi connectivity index (χ4n) is 1.03. The monoisotopic (exact) mass is 227 g/mol. The molecule has 0 aliphatic heterocycles. The summed E-state index contributed by atoms with van der Waals surface area (Å²) in [5.41, 5.74) is 0.276. The molecule has 16 heavy (non-hydrogen) atoms. The third kappa shape index (κ3) is 6.62. The molecule has 0 aliphatic rings. The Morgan fingerprint density at radius 1 is 1.44 bits per heavy atom. The summed E-state index contributed by atoms with van der Waals surface area (Å²) in [4.78, 5) is 11.0. The van der Waals surface area contributed by atoms with Crippen LogP contribution in [0.2, 0.25) is 0 Å². The van der Waals surface area contributed by atoms with E-state index in [9.17, 15) is 4.79 Å². The summed E-state index contributed by atoms with van der Waals surface area (Å²) < 4.78 is 4.77. The Balaban J connectivity index is 3.72. The van der Waals surface area contributed by atoms with Crippen LogP contribution in [0.1, 0.15) is 34.6 Å². The number of hydrogen-bond acceptors (Lipinski definition) is 3. The summed E-state index contributed by atoms with van der Waals surface area (Å²) in [6.07, 6.45) is 3.27. The number of rotatable bonds is 7. The molecule has 0 unspecified atom stereocenters. The lowest BCUT2D eigenvalue weighted by Gasteiger charge is -2.29. The van der Waals surface area contributed by atoms with Gasteiger partial charge >= 0.3 is 5.97 Å². The quantitative estimate of drug-likeness (QED) is 0.412. The third-order valence-electron chi connectivity index (χ3n) is 2.95. The van der Waals surface area contributed by atoms with Crippen molar-refractivity contribution >= 4 is 5.97 Å². The van der Waals surface area contributed by atoms with E-state index in [0.717, 1.165) is 6.54 Å². The summed E-state index contributed by atoms with van der Waals surface area (Å²) in [6, 6.07) is 0. The van der Waals surface area contributed by atoms with Crippen LogP contribution in [-0.2, 0) is 9.53 Å². The van der Waals surface area contributed by atoms with Gasteiger partial charge in [0.05, 0.1) is 6.61 Å². The van der Waals surface area contributed by atoms with Crippen LogP contribution in [0.5, 0.6) is 0 Å². The Hall–Kier alpha value is -0.830. The van der Waals surface area contributed by atoms with E-state index in [0.29, 0.717) is 19.1 Å². The van der Waals surface area contributed by atoms with E-state index in [-0.39, 0.29) is 11.4 Å². The van der Waals surface area contributed by atoms with Gasteiger partial charge < -0.3 is 10.1 Å². The Labute approximate surface area is 99.3 Å². The molecule has 3 nitrogen and oxygen atoms in total. The minimum atomic E-state index is -0.271. The smallest absolute Gasteiger partial charge is 0.330 e. The molecule has 0 aromatic heterocycles. The van der Waals surface area contributed by atoms with E-state index in [2.05, 4.69) is 33.0 Å². The number of esters is 1. The fourth-order valence-corrected chi connectivity index (χ4v) is 1.03. The number of ether oxygens (including phenoxy) is 1. The van der Waals surface area contributed by atoms with Crippen LogP contribution in [0.3, 0.4) is 0 Å². The number of hydrogen-bond donors (Lipinski definition) is 1. The molecule has 0 saturated carbocycles. The Morgan fingerprint density at radius 3 is 2.56 bits per heavy atom. The summed E-state index contributed by atoms with van der Waals surface area (Å²) in [5, 5.41) is 3.31. The Kier molecular flexibility index (Phi) is 7.06. The van der Waals surface area contributed by atoms with Crippen molar-refractivity contribution in [2.75, 3.05) is 19.7 Å². The maximum absolute atomic E-state index is 11.0. The molecule has 3 heteroatoms. The van der Waals surface area contributed by atoms with E-state index in [1.165, 1.54) is 6.08 Å². The molecule has 1 N–H and O–H groups in total. The summed E-state index contributed by atoms with van der Waals surface area (Å²) in [5.74, 6) is 0.362. The van der Waals surface area contributed by atoms with Gasteiger partial charge in [0.15, 0.2) is 0 Å². The first-order chi connectivity index (χ1) is 7.40. The first-order valence-electron chi connectivity index (χ1n) is 5.94. The van der Waals surface area contributed by atoms with Crippen molar-refractivity contribution in [2.45, 2.75) is 34.6 Å². The minimum Gasteiger partial charge on any atom is -0.463 e. The van der Waals surface area contributed by atoms with Gasteiger partial charge in [0.25, 0.3) is 0 Å². The second-order valence-corrected chi connectivity index (χ2v) is 4.93. The average molecular weight is 227 g/mol. The maximum atomic E-state index is 11.0. The van der Waals surface area contributed by atoms with Crippen molar-refractivity contribution < 1.29 is 9.53 Å². The van der Waals surface area contributed by atoms with Gasteiger partial charge in [0.1, 0.15) is 0 Å². The van der Waals surface area contributed by atoms with Crippen LogP contribution in [0.4, 0.5) is 0 Å². The summed E-state index contributed by atoms with van der Waals surface area (Å²) >= 11 is 0. The second-order valence-electron chi connectivity index (χ2n) is 4.93. The number of carbonyl (C=O) groups is 1. The van der Waals surface area contributed by atoms with Crippen LogP contribution in [0.15, 0.2) is 12.2 Å². The van der Waals surface area contributed by atoms with Gasteiger partial charge in [-0.2, -0.15) is 0 Å². The molecule has 0 atom stereocenters. The predicted molar refractivity (Wildman–Crippen MR) is 67.3 cm³/mol. The highest BCUT2D eigenvalue weighted by atomic mass is 16.5. The van der Waals surface area contributed by atoms with Crippen molar-refractivity contribution in [1.29, 1.82) is 0 Å². The minimum absolute atomic E-state index is 0.271. The molecular formula is C13H25NO2. The lowest BCUT2D eigenvalue weighted by molar-refractivity contribution is -0.137.